The van der Waals surface area contributed by atoms with E-state index >= 15 is 0 Å². The van der Waals surface area contributed by atoms with Gasteiger partial charge in [-0.3, -0.25) is 4.79 Å². The minimum atomic E-state index is -0.686. The Labute approximate surface area is 150 Å². The monoisotopic (exact) mass is 340 g/mol. The van der Waals surface area contributed by atoms with Crippen molar-refractivity contribution in [2.45, 2.75) is 26.5 Å². The fourth-order valence-electron chi connectivity index (χ4n) is 2.81. The first-order chi connectivity index (χ1) is 11.9. The summed E-state index contributed by atoms with van der Waals surface area (Å²) in [7, 11) is 4.01. The molecule has 0 saturated carbocycles. The van der Waals surface area contributed by atoms with Crippen LogP contribution in [0, 0.1) is 6.92 Å². The molecule has 0 aromatic heterocycles. The Morgan fingerprint density at radius 1 is 1.12 bits per heavy atom. The van der Waals surface area contributed by atoms with Gasteiger partial charge in [0.05, 0.1) is 12.6 Å². The standard InChI is InChI=1S/C21H28N2O2/c1-5-23(15-20(24)18-11-9-16(2)10-12-18)21(25)19-8-6-7-17(13-19)14-22(3)4/h6-13,20,24H,5,14-15H2,1-4H3. The first kappa shape index (κ1) is 19.2. The number of nitrogens with zero attached hydrogens (tertiary/aromatic N) is 2. The van der Waals surface area contributed by atoms with Crippen LogP contribution in [0.1, 0.15) is 40.1 Å². The molecule has 0 radical (unpaired) electrons. The molecule has 1 atom stereocenters. The van der Waals surface area contributed by atoms with Gasteiger partial charge in [-0.2, -0.15) is 0 Å². The molecular weight excluding hydrogens is 312 g/mol. The van der Waals surface area contributed by atoms with E-state index in [0.29, 0.717) is 12.1 Å². The van der Waals surface area contributed by atoms with Gasteiger partial charge in [0, 0.05) is 18.7 Å². The number of aliphatic hydroxyl groups is 1. The third-order valence-electron chi connectivity index (χ3n) is 4.20. The Bertz CT molecular complexity index is 695. The molecule has 1 N–H and O–H groups in total. The molecular formula is C21H28N2O2. The molecule has 0 fully saturated rings. The lowest BCUT2D eigenvalue weighted by molar-refractivity contribution is 0.0635. The summed E-state index contributed by atoms with van der Waals surface area (Å²) in [5.41, 5.74) is 3.75. The van der Waals surface area contributed by atoms with Gasteiger partial charge in [-0.1, -0.05) is 42.0 Å². The van der Waals surface area contributed by atoms with Crippen LogP contribution in [0.2, 0.25) is 0 Å². The number of benzene rings is 2. The van der Waals surface area contributed by atoms with Crippen LogP contribution in [0.5, 0.6) is 0 Å². The predicted octanol–water partition coefficient (Wildman–Crippen LogP) is 3.25. The number of aryl methyl sites for hydroxylation is 1. The number of likely N-dealkylation sites (N-methyl/N-ethyl adjacent to an activating group) is 1. The number of carbonyl (C=O) groups is 1. The molecule has 25 heavy (non-hydrogen) atoms. The summed E-state index contributed by atoms with van der Waals surface area (Å²) in [6.45, 7) is 5.58. The zero-order valence-electron chi connectivity index (χ0n) is 15.6. The molecule has 0 heterocycles. The molecule has 0 aliphatic carbocycles. The van der Waals surface area contributed by atoms with E-state index in [1.165, 1.54) is 0 Å². The predicted molar refractivity (Wildman–Crippen MR) is 102 cm³/mol. The Morgan fingerprint density at radius 3 is 2.40 bits per heavy atom. The molecule has 0 spiro atoms. The number of aliphatic hydroxyl groups excluding tert-OH is 1. The minimum absolute atomic E-state index is 0.0470. The van der Waals surface area contributed by atoms with Crippen molar-refractivity contribution < 1.29 is 9.90 Å². The summed E-state index contributed by atoms with van der Waals surface area (Å²) in [4.78, 5) is 16.6. The van der Waals surface area contributed by atoms with Crippen LogP contribution in [0.4, 0.5) is 0 Å². The van der Waals surface area contributed by atoms with E-state index in [4.69, 9.17) is 0 Å². The van der Waals surface area contributed by atoms with E-state index in [1.807, 2.05) is 76.5 Å². The molecule has 134 valence electrons. The van der Waals surface area contributed by atoms with Gasteiger partial charge in [0.25, 0.3) is 5.91 Å². The Morgan fingerprint density at radius 2 is 1.80 bits per heavy atom. The second-order valence-electron chi connectivity index (χ2n) is 6.71. The fraction of sp³-hybridized carbons (Fsp3) is 0.381. The van der Waals surface area contributed by atoms with Crippen molar-refractivity contribution >= 4 is 5.91 Å². The molecule has 4 nitrogen and oxygen atoms in total. The van der Waals surface area contributed by atoms with Crippen LogP contribution in [0.3, 0.4) is 0 Å². The van der Waals surface area contributed by atoms with Gasteiger partial charge >= 0.3 is 0 Å². The van der Waals surface area contributed by atoms with Crippen molar-refractivity contribution in [3.05, 3.63) is 70.8 Å². The molecule has 2 aromatic carbocycles. The van der Waals surface area contributed by atoms with Crippen molar-refractivity contribution in [2.24, 2.45) is 0 Å². The highest BCUT2D eigenvalue weighted by Gasteiger charge is 2.19. The summed E-state index contributed by atoms with van der Waals surface area (Å²) >= 11 is 0. The van der Waals surface area contributed by atoms with Gasteiger partial charge in [0.1, 0.15) is 0 Å². The molecule has 0 bridgehead atoms. The highest BCUT2D eigenvalue weighted by atomic mass is 16.3. The van der Waals surface area contributed by atoms with Gasteiger partial charge in [-0.05, 0) is 51.2 Å². The van der Waals surface area contributed by atoms with Crippen molar-refractivity contribution in [3.63, 3.8) is 0 Å². The summed E-state index contributed by atoms with van der Waals surface area (Å²) in [6.07, 6.45) is -0.686. The molecule has 4 heteroatoms. The van der Waals surface area contributed by atoms with Gasteiger partial charge in [0.15, 0.2) is 0 Å². The fourth-order valence-corrected chi connectivity index (χ4v) is 2.81. The SMILES string of the molecule is CCN(CC(O)c1ccc(C)cc1)C(=O)c1cccc(CN(C)C)c1. The average molecular weight is 340 g/mol. The Hall–Kier alpha value is -2.17. The van der Waals surface area contributed by atoms with Crippen LogP contribution in [0.15, 0.2) is 48.5 Å². The van der Waals surface area contributed by atoms with Gasteiger partial charge < -0.3 is 14.9 Å². The smallest absolute Gasteiger partial charge is 0.253 e. The quantitative estimate of drug-likeness (QED) is 0.841. The van der Waals surface area contributed by atoms with E-state index in [0.717, 1.165) is 23.2 Å². The second kappa shape index (κ2) is 8.79. The normalized spacial score (nSPS) is 12.2. The van der Waals surface area contributed by atoms with Crippen molar-refractivity contribution in [1.29, 1.82) is 0 Å². The van der Waals surface area contributed by atoms with Crippen LogP contribution in [0.25, 0.3) is 0 Å². The Kier molecular flexibility index (Phi) is 6.73. The lowest BCUT2D eigenvalue weighted by atomic mass is 10.1. The van der Waals surface area contributed by atoms with Crippen molar-refractivity contribution in [2.75, 3.05) is 27.2 Å². The summed E-state index contributed by atoms with van der Waals surface area (Å²) in [5, 5.41) is 10.5. The molecule has 2 aromatic rings. The minimum Gasteiger partial charge on any atom is -0.387 e. The molecule has 0 saturated heterocycles. The van der Waals surface area contributed by atoms with E-state index in [1.54, 1.807) is 4.90 Å². The van der Waals surface area contributed by atoms with Crippen LogP contribution in [-0.4, -0.2) is 48.0 Å². The number of amides is 1. The first-order valence-corrected chi connectivity index (χ1v) is 8.68. The third kappa shape index (κ3) is 5.41. The highest BCUT2D eigenvalue weighted by Crippen LogP contribution is 2.17. The summed E-state index contributed by atoms with van der Waals surface area (Å²) in [5.74, 6) is -0.0470. The van der Waals surface area contributed by atoms with Crippen molar-refractivity contribution in [3.8, 4) is 0 Å². The molecule has 0 aliphatic rings. The largest absolute Gasteiger partial charge is 0.387 e. The zero-order chi connectivity index (χ0) is 18.4. The lowest BCUT2D eigenvalue weighted by Gasteiger charge is -2.24. The van der Waals surface area contributed by atoms with E-state index in [9.17, 15) is 9.90 Å². The van der Waals surface area contributed by atoms with E-state index in [2.05, 4.69) is 4.90 Å². The second-order valence-corrected chi connectivity index (χ2v) is 6.71. The molecule has 0 aliphatic heterocycles. The maximum Gasteiger partial charge on any atom is 0.253 e. The van der Waals surface area contributed by atoms with E-state index < -0.39 is 6.10 Å². The molecule has 2 rings (SSSR count). The lowest BCUT2D eigenvalue weighted by Crippen LogP contribution is -2.34. The Balaban J connectivity index is 2.11. The van der Waals surface area contributed by atoms with Gasteiger partial charge in [-0.15, -0.1) is 0 Å². The molecule has 1 amide bonds. The highest BCUT2D eigenvalue weighted by molar-refractivity contribution is 5.94. The van der Waals surface area contributed by atoms with E-state index in [-0.39, 0.29) is 12.5 Å². The van der Waals surface area contributed by atoms with Gasteiger partial charge in [0.2, 0.25) is 0 Å². The van der Waals surface area contributed by atoms with Crippen LogP contribution >= 0.6 is 0 Å². The third-order valence-corrected chi connectivity index (χ3v) is 4.20. The number of rotatable bonds is 7. The van der Waals surface area contributed by atoms with Crippen LogP contribution in [-0.2, 0) is 6.54 Å². The summed E-state index contributed by atoms with van der Waals surface area (Å²) in [6, 6.07) is 15.5. The number of carbonyl (C=O) groups excluding carboxylic acids is 1. The average Bonchev–Trinajstić information content (AvgIpc) is 2.59. The first-order valence-electron chi connectivity index (χ1n) is 8.68. The number of hydrogen-bond donors (Lipinski definition) is 1. The molecule has 1 unspecified atom stereocenters. The van der Waals surface area contributed by atoms with Gasteiger partial charge in [-0.25, -0.2) is 0 Å². The maximum atomic E-state index is 12.8. The summed E-state index contributed by atoms with van der Waals surface area (Å²) < 4.78 is 0. The topological polar surface area (TPSA) is 43.8 Å². The number of hydrogen-bond acceptors (Lipinski definition) is 3. The zero-order valence-corrected chi connectivity index (χ0v) is 15.6. The van der Waals surface area contributed by atoms with Crippen LogP contribution < -0.4 is 0 Å². The van der Waals surface area contributed by atoms with Crippen molar-refractivity contribution in [1.82, 2.24) is 9.80 Å². The maximum absolute atomic E-state index is 12.8.